The van der Waals surface area contributed by atoms with Gasteiger partial charge in [0.1, 0.15) is 10.8 Å². The van der Waals surface area contributed by atoms with Gasteiger partial charge in [-0.25, -0.2) is 19.0 Å². The molecule has 0 saturated heterocycles. The van der Waals surface area contributed by atoms with Crippen LogP contribution in [0, 0.1) is 5.82 Å². The predicted molar refractivity (Wildman–Crippen MR) is 119 cm³/mol. The zero-order chi connectivity index (χ0) is 22.0. The molecule has 0 aliphatic rings. The Balaban J connectivity index is 1.75. The van der Waals surface area contributed by atoms with Crippen LogP contribution in [0.25, 0.3) is 33.0 Å². The Kier molecular flexibility index (Phi) is 6.11. The summed E-state index contributed by atoms with van der Waals surface area (Å²) in [5.41, 5.74) is 5.88. The van der Waals surface area contributed by atoms with Crippen LogP contribution in [0.3, 0.4) is 0 Å². The summed E-state index contributed by atoms with van der Waals surface area (Å²) < 4.78 is 13.4. The minimum absolute atomic E-state index is 0.0242. The lowest BCUT2D eigenvalue weighted by Gasteiger charge is -2.10. The van der Waals surface area contributed by atoms with Crippen LogP contribution in [0.4, 0.5) is 10.1 Å². The van der Waals surface area contributed by atoms with Crippen molar-refractivity contribution >= 4 is 34.6 Å². The van der Waals surface area contributed by atoms with Crippen molar-refractivity contribution in [2.24, 2.45) is 0 Å². The fourth-order valence-electron chi connectivity index (χ4n) is 3.26. The van der Waals surface area contributed by atoms with Gasteiger partial charge in [0.05, 0.1) is 23.4 Å². The molecule has 0 saturated carbocycles. The summed E-state index contributed by atoms with van der Waals surface area (Å²) in [7, 11) is 1.55. The maximum atomic E-state index is 13.4. The number of nitrogens with zero attached hydrogens (tertiary/aromatic N) is 1. The van der Waals surface area contributed by atoms with Gasteiger partial charge in [-0.05, 0) is 30.3 Å². The van der Waals surface area contributed by atoms with Gasteiger partial charge in [0.2, 0.25) is 0 Å². The molecule has 0 aliphatic carbocycles. The van der Waals surface area contributed by atoms with Crippen LogP contribution in [0.15, 0.2) is 66.0 Å². The van der Waals surface area contributed by atoms with Crippen molar-refractivity contribution in [3.63, 3.8) is 0 Å². The van der Waals surface area contributed by atoms with Crippen LogP contribution in [-0.4, -0.2) is 23.2 Å². The van der Waals surface area contributed by atoms with Crippen LogP contribution < -0.4 is 5.48 Å². The number of thiazole rings is 1. The molecule has 0 bridgehead atoms. The van der Waals surface area contributed by atoms with Crippen molar-refractivity contribution in [2.75, 3.05) is 7.11 Å². The number of aromatic carboxylic acids is 1. The second-order valence-electron chi connectivity index (χ2n) is 6.67. The fraction of sp³-hybridized carbons (Fsp3) is 0.0435. The first kappa shape index (κ1) is 21.1. The molecule has 4 aromatic rings. The van der Waals surface area contributed by atoms with Gasteiger partial charge in [0, 0.05) is 33.7 Å². The van der Waals surface area contributed by atoms with Gasteiger partial charge < -0.3 is 5.11 Å². The van der Waals surface area contributed by atoms with Crippen molar-refractivity contribution in [2.45, 2.75) is 0 Å². The third-order valence-electron chi connectivity index (χ3n) is 4.71. The number of carbonyl (C=O) groups is 1. The molecule has 3 N–H and O–H groups in total. The molecular formula is C23H17ClFN2O3S+. The summed E-state index contributed by atoms with van der Waals surface area (Å²) in [5.74, 6) is -1.53. The first-order valence-corrected chi connectivity index (χ1v) is 10.5. The average Bonchev–Trinajstić information content (AvgIpc) is 3.26. The third kappa shape index (κ3) is 4.35. The van der Waals surface area contributed by atoms with Gasteiger partial charge in [0.25, 0.3) is 0 Å². The van der Waals surface area contributed by atoms with E-state index in [9.17, 15) is 14.3 Å². The Morgan fingerprint density at radius 3 is 2.61 bits per heavy atom. The highest BCUT2D eigenvalue weighted by molar-refractivity contribution is 7.13. The Morgan fingerprint density at radius 2 is 1.87 bits per heavy atom. The highest BCUT2D eigenvalue weighted by Crippen LogP contribution is 2.35. The molecule has 8 heteroatoms. The number of nitrogens with two attached hydrogens (primary N) is 1. The number of carboxylic acid groups (broad SMARTS) is 1. The molecule has 3 aromatic carbocycles. The molecule has 0 aliphatic heterocycles. The van der Waals surface area contributed by atoms with Crippen molar-refractivity contribution in [3.8, 4) is 33.0 Å². The maximum Gasteiger partial charge on any atom is 0.336 e. The molecule has 4 rings (SSSR count). The lowest BCUT2D eigenvalue weighted by atomic mass is 9.96. The Labute approximate surface area is 186 Å². The van der Waals surface area contributed by atoms with E-state index in [2.05, 4.69) is 4.98 Å². The second kappa shape index (κ2) is 8.95. The SMILES string of the molecule is CO[NH2+]c1ccccc1-c1ccc(-c2nc(-c3ccc(F)c(Cl)c3)cs2)cc1C(=O)O. The smallest absolute Gasteiger partial charge is 0.336 e. The van der Waals surface area contributed by atoms with E-state index in [0.29, 0.717) is 27.4 Å². The molecule has 0 fully saturated rings. The molecular weight excluding hydrogens is 439 g/mol. The minimum Gasteiger partial charge on any atom is -0.478 e. The Hall–Kier alpha value is -3.10. The summed E-state index contributed by atoms with van der Waals surface area (Å²) in [6.07, 6.45) is 0. The quantitative estimate of drug-likeness (QED) is 0.302. The summed E-state index contributed by atoms with van der Waals surface area (Å²) in [4.78, 5) is 21.8. The number of benzene rings is 3. The number of carboxylic acids is 1. The second-order valence-corrected chi connectivity index (χ2v) is 7.94. The van der Waals surface area contributed by atoms with Gasteiger partial charge in [-0.1, -0.05) is 35.9 Å². The fourth-order valence-corrected chi connectivity index (χ4v) is 4.26. The van der Waals surface area contributed by atoms with Crippen LogP contribution in [-0.2, 0) is 4.84 Å². The van der Waals surface area contributed by atoms with Crippen molar-refractivity contribution < 1.29 is 24.6 Å². The number of hydrogen-bond donors (Lipinski definition) is 2. The Morgan fingerprint density at radius 1 is 1.10 bits per heavy atom. The zero-order valence-electron chi connectivity index (χ0n) is 16.3. The molecule has 0 spiro atoms. The summed E-state index contributed by atoms with van der Waals surface area (Å²) in [5, 5.41) is 12.4. The van der Waals surface area contributed by atoms with E-state index < -0.39 is 11.8 Å². The van der Waals surface area contributed by atoms with Crippen molar-refractivity contribution in [3.05, 3.63) is 82.4 Å². The molecule has 0 radical (unpaired) electrons. The highest BCUT2D eigenvalue weighted by atomic mass is 35.5. The molecule has 0 atom stereocenters. The largest absolute Gasteiger partial charge is 0.478 e. The third-order valence-corrected chi connectivity index (χ3v) is 5.89. The average molecular weight is 456 g/mol. The molecule has 1 aromatic heterocycles. The van der Waals surface area contributed by atoms with Gasteiger partial charge in [-0.15, -0.1) is 11.3 Å². The topological polar surface area (TPSA) is 76.0 Å². The maximum absolute atomic E-state index is 13.4. The minimum atomic E-state index is -1.04. The summed E-state index contributed by atoms with van der Waals surface area (Å²) in [6.45, 7) is 0. The Bertz CT molecular complexity index is 1280. The number of rotatable bonds is 6. The van der Waals surface area contributed by atoms with Crippen LogP contribution in [0.5, 0.6) is 0 Å². The van der Waals surface area contributed by atoms with Gasteiger partial charge in [-0.3, -0.25) is 0 Å². The standard InChI is InChI=1S/C23H16ClFN2O3S/c1-30-27-20-5-3-2-4-16(20)15-8-6-14(10-17(15)23(28)29)22-26-21(12-31-22)13-7-9-19(25)18(24)11-13/h2-12,27H,1H3,(H,28,29)/p+1. The van der Waals surface area contributed by atoms with Gasteiger partial charge >= 0.3 is 5.97 Å². The summed E-state index contributed by atoms with van der Waals surface area (Å²) in [6, 6.07) is 17.1. The van der Waals surface area contributed by atoms with Crippen molar-refractivity contribution in [1.29, 1.82) is 0 Å². The monoisotopic (exact) mass is 455 g/mol. The van der Waals surface area contributed by atoms with Crippen molar-refractivity contribution in [1.82, 2.24) is 4.98 Å². The molecule has 156 valence electrons. The molecule has 0 unspecified atom stereocenters. The number of halogens is 2. The highest BCUT2D eigenvalue weighted by Gasteiger charge is 2.19. The van der Waals surface area contributed by atoms with E-state index >= 15 is 0 Å². The van der Waals surface area contributed by atoms with Gasteiger partial charge in [-0.2, -0.15) is 5.48 Å². The lowest BCUT2D eigenvalue weighted by Crippen LogP contribution is -2.76. The zero-order valence-corrected chi connectivity index (χ0v) is 17.9. The molecule has 1 heterocycles. The van der Waals surface area contributed by atoms with Gasteiger partial charge in [0.15, 0.2) is 5.69 Å². The summed E-state index contributed by atoms with van der Waals surface area (Å²) >= 11 is 7.25. The van der Waals surface area contributed by atoms with Crippen LogP contribution in [0.1, 0.15) is 10.4 Å². The first-order chi connectivity index (χ1) is 15.0. The normalized spacial score (nSPS) is 10.9. The lowest BCUT2D eigenvalue weighted by molar-refractivity contribution is -0.829. The number of hydrogen-bond acceptors (Lipinski definition) is 4. The molecule has 31 heavy (non-hydrogen) atoms. The van der Waals surface area contributed by atoms with E-state index in [1.807, 2.05) is 35.7 Å². The first-order valence-electron chi connectivity index (χ1n) is 9.22. The number of quaternary nitrogens is 1. The van der Waals surface area contributed by atoms with E-state index in [-0.39, 0.29) is 10.6 Å². The molecule has 5 nitrogen and oxygen atoms in total. The number of aromatic nitrogens is 1. The van der Waals surface area contributed by atoms with E-state index in [1.165, 1.54) is 23.5 Å². The van der Waals surface area contributed by atoms with E-state index in [4.69, 9.17) is 16.4 Å². The predicted octanol–water partition coefficient (Wildman–Crippen LogP) is 5.39. The van der Waals surface area contributed by atoms with Crippen LogP contribution in [0.2, 0.25) is 5.02 Å². The van der Waals surface area contributed by atoms with Crippen LogP contribution >= 0.6 is 22.9 Å². The molecule has 0 amide bonds. The van der Waals surface area contributed by atoms with E-state index in [1.54, 1.807) is 30.8 Å². The van der Waals surface area contributed by atoms with E-state index in [0.717, 1.165) is 11.3 Å².